The molecule has 0 radical (unpaired) electrons. The Balaban J connectivity index is 2.07. The van der Waals surface area contributed by atoms with Crippen LogP contribution in [-0.2, 0) is 4.79 Å². The van der Waals surface area contributed by atoms with Crippen LogP contribution in [0, 0.1) is 13.8 Å². The number of hydrogen-bond acceptors (Lipinski definition) is 2. The molecule has 2 aromatic carbocycles. The average Bonchev–Trinajstić information content (AvgIpc) is 2.41. The van der Waals surface area contributed by atoms with Crippen molar-refractivity contribution < 1.29 is 4.79 Å². The van der Waals surface area contributed by atoms with Crippen molar-refractivity contribution in [2.75, 3.05) is 10.6 Å². The first-order valence-electron chi connectivity index (χ1n) is 6.96. The molecule has 2 rings (SSSR count). The predicted octanol–water partition coefficient (Wildman–Crippen LogP) is 5.05. The predicted molar refractivity (Wildman–Crippen MR) is 94.1 cm³/mol. The summed E-state index contributed by atoms with van der Waals surface area (Å²) < 4.78 is 0. The fourth-order valence-corrected chi connectivity index (χ4v) is 2.54. The number of anilines is 2. The van der Waals surface area contributed by atoms with Crippen molar-refractivity contribution in [2.45, 2.75) is 26.8 Å². The molecule has 0 heterocycles. The third-order valence-electron chi connectivity index (χ3n) is 3.18. The topological polar surface area (TPSA) is 41.1 Å². The largest absolute Gasteiger partial charge is 0.374 e. The molecule has 0 aliphatic rings. The number of rotatable bonds is 4. The van der Waals surface area contributed by atoms with E-state index < -0.39 is 6.04 Å². The molecule has 0 saturated carbocycles. The van der Waals surface area contributed by atoms with Gasteiger partial charge in [-0.15, -0.1) is 0 Å². The zero-order chi connectivity index (χ0) is 16.3. The average molecular weight is 337 g/mol. The smallest absolute Gasteiger partial charge is 0.246 e. The monoisotopic (exact) mass is 336 g/mol. The summed E-state index contributed by atoms with van der Waals surface area (Å²) in [7, 11) is 0. The minimum Gasteiger partial charge on any atom is -0.374 e. The van der Waals surface area contributed by atoms with Crippen LogP contribution in [0.5, 0.6) is 0 Å². The molecule has 2 N–H and O–H groups in total. The molecular formula is C17H18Cl2N2O. The summed E-state index contributed by atoms with van der Waals surface area (Å²) in [6.45, 7) is 5.84. The minimum atomic E-state index is -0.406. The van der Waals surface area contributed by atoms with Crippen molar-refractivity contribution in [1.29, 1.82) is 0 Å². The van der Waals surface area contributed by atoms with Gasteiger partial charge in [0.2, 0.25) is 5.91 Å². The normalized spacial score (nSPS) is 11.9. The first-order chi connectivity index (χ1) is 10.3. The van der Waals surface area contributed by atoms with Gasteiger partial charge in [-0.2, -0.15) is 0 Å². The summed E-state index contributed by atoms with van der Waals surface area (Å²) >= 11 is 12.0. The maximum absolute atomic E-state index is 12.3. The zero-order valence-corrected chi connectivity index (χ0v) is 14.2. The van der Waals surface area contributed by atoms with Crippen molar-refractivity contribution in [1.82, 2.24) is 0 Å². The first kappa shape index (κ1) is 16.7. The molecule has 1 amide bonds. The number of nitrogens with one attached hydrogen (secondary N) is 2. The first-order valence-corrected chi connectivity index (χ1v) is 7.71. The molecule has 116 valence electrons. The summed E-state index contributed by atoms with van der Waals surface area (Å²) in [6, 6.07) is 10.6. The van der Waals surface area contributed by atoms with Crippen molar-refractivity contribution in [3.8, 4) is 0 Å². The van der Waals surface area contributed by atoms with E-state index in [-0.39, 0.29) is 5.91 Å². The minimum absolute atomic E-state index is 0.177. The van der Waals surface area contributed by atoms with Gasteiger partial charge in [0.15, 0.2) is 0 Å². The molecule has 22 heavy (non-hydrogen) atoms. The van der Waals surface area contributed by atoms with Crippen LogP contribution < -0.4 is 10.6 Å². The lowest BCUT2D eigenvalue weighted by atomic mass is 10.1. The van der Waals surface area contributed by atoms with Gasteiger partial charge in [-0.25, -0.2) is 0 Å². The van der Waals surface area contributed by atoms with Crippen molar-refractivity contribution in [3.63, 3.8) is 0 Å². The van der Waals surface area contributed by atoms with Gasteiger partial charge in [-0.1, -0.05) is 29.3 Å². The molecule has 0 spiro atoms. The van der Waals surface area contributed by atoms with E-state index in [1.807, 2.05) is 26.0 Å². The third-order valence-corrected chi connectivity index (χ3v) is 3.75. The lowest BCUT2D eigenvalue weighted by Gasteiger charge is -2.17. The Labute approximate surface area is 140 Å². The molecule has 0 aliphatic carbocycles. The van der Waals surface area contributed by atoms with E-state index in [1.165, 1.54) is 0 Å². The van der Waals surface area contributed by atoms with Crippen molar-refractivity contribution in [3.05, 3.63) is 57.6 Å². The Bertz CT molecular complexity index is 681. The Morgan fingerprint density at radius 1 is 1.05 bits per heavy atom. The SMILES string of the molecule is Cc1cc(C)cc(N[C@H](C)C(=O)Nc2cc(Cl)ccc2Cl)c1. The Hall–Kier alpha value is -1.71. The van der Waals surface area contributed by atoms with Crippen LogP contribution in [0.15, 0.2) is 36.4 Å². The van der Waals surface area contributed by atoms with E-state index >= 15 is 0 Å². The Morgan fingerprint density at radius 2 is 1.68 bits per heavy atom. The maximum Gasteiger partial charge on any atom is 0.246 e. The third kappa shape index (κ3) is 4.39. The van der Waals surface area contributed by atoms with Crippen LogP contribution in [0.2, 0.25) is 10.0 Å². The van der Waals surface area contributed by atoms with Gasteiger partial charge < -0.3 is 10.6 Å². The van der Waals surface area contributed by atoms with Gasteiger partial charge in [-0.3, -0.25) is 4.79 Å². The second-order valence-electron chi connectivity index (χ2n) is 5.36. The number of aryl methyl sites for hydroxylation is 2. The van der Waals surface area contributed by atoms with Gasteiger partial charge in [-0.05, 0) is 62.2 Å². The maximum atomic E-state index is 12.3. The number of benzene rings is 2. The lowest BCUT2D eigenvalue weighted by molar-refractivity contribution is -0.116. The quantitative estimate of drug-likeness (QED) is 0.820. The summed E-state index contributed by atoms with van der Waals surface area (Å²) in [5.41, 5.74) is 3.71. The number of hydrogen-bond donors (Lipinski definition) is 2. The van der Waals surface area contributed by atoms with Crippen LogP contribution in [0.1, 0.15) is 18.1 Å². The highest BCUT2D eigenvalue weighted by atomic mass is 35.5. The van der Waals surface area contributed by atoms with Crippen LogP contribution in [-0.4, -0.2) is 11.9 Å². The van der Waals surface area contributed by atoms with E-state index in [1.54, 1.807) is 25.1 Å². The van der Waals surface area contributed by atoms with Gasteiger partial charge in [0.1, 0.15) is 6.04 Å². The van der Waals surface area contributed by atoms with Crippen LogP contribution in [0.3, 0.4) is 0 Å². The highest BCUT2D eigenvalue weighted by molar-refractivity contribution is 6.35. The van der Waals surface area contributed by atoms with Gasteiger partial charge in [0, 0.05) is 10.7 Å². The highest BCUT2D eigenvalue weighted by Gasteiger charge is 2.14. The fourth-order valence-electron chi connectivity index (χ4n) is 2.21. The summed E-state index contributed by atoms with van der Waals surface area (Å²) in [4.78, 5) is 12.3. The fraction of sp³-hybridized carbons (Fsp3) is 0.235. The van der Waals surface area contributed by atoms with Crippen LogP contribution in [0.4, 0.5) is 11.4 Å². The summed E-state index contributed by atoms with van der Waals surface area (Å²) in [5, 5.41) is 6.95. The highest BCUT2D eigenvalue weighted by Crippen LogP contribution is 2.25. The molecule has 0 aliphatic heterocycles. The van der Waals surface area contributed by atoms with Gasteiger partial charge in [0.25, 0.3) is 0 Å². The van der Waals surface area contributed by atoms with E-state index in [9.17, 15) is 4.79 Å². The molecule has 1 atom stereocenters. The Morgan fingerprint density at radius 3 is 2.32 bits per heavy atom. The van der Waals surface area contributed by atoms with E-state index in [0.29, 0.717) is 15.7 Å². The molecule has 0 aromatic heterocycles. The lowest BCUT2D eigenvalue weighted by Crippen LogP contribution is -2.32. The number of carbonyl (C=O) groups is 1. The van der Waals surface area contributed by atoms with Crippen molar-refractivity contribution in [2.24, 2.45) is 0 Å². The second kappa shape index (κ2) is 7.03. The Kier molecular flexibility index (Phi) is 5.33. The van der Waals surface area contributed by atoms with E-state index in [0.717, 1.165) is 16.8 Å². The molecule has 0 saturated heterocycles. The number of halogens is 2. The van der Waals surface area contributed by atoms with Crippen molar-refractivity contribution >= 4 is 40.5 Å². The van der Waals surface area contributed by atoms with E-state index in [2.05, 4.69) is 16.7 Å². The van der Waals surface area contributed by atoms with Gasteiger partial charge in [0.05, 0.1) is 10.7 Å². The zero-order valence-electron chi connectivity index (χ0n) is 12.7. The van der Waals surface area contributed by atoms with Crippen LogP contribution in [0.25, 0.3) is 0 Å². The standard InChI is InChI=1S/C17H18Cl2N2O/c1-10-6-11(2)8-14(7-10)20-12(3)17(22)21-16-9-13(18)4-5-15(16)19/h4-9,12,20H,1-3H3,(H,21,22)/t12-/m1/s1. The molecule has 3 nitrogen and oxygen atoms in total. The molecule has 0 bridgehead atoms. The number of carbonyl (C=O) groups excluding carboxylic acids is 1. The summed E-state index contributed by atoms with van der Waals surface area (Å²) in [5.74, 6) is -0.177. The second-order valence-corrected chi connectivity index (χ2v) is 6.20. The van der Waals surface area contributed by atoms with E-state index in [4.69, 9.17) is 23.2 Å². The van der Waals surface area contributed by atoms with Gasteiger partial charge >= 0.3 is 0 Å². The molecule has 0 fully saturated rings. The molecule has 2 aromatic rings. The molecular weight excluding hydrogens is 319 g/mol. The molecule has 5 heteroatoms. The number of amides is 1. The van der Waals surface area contributed by atoms with Crippen LogP contribution >= 0.6 is 23.2 Å². The summed E-state index contributed by atoms with van der Waals surface area (Å²) in [6.07, 6.45) is 0. The molecule has 0 unspecified atom stereocenters.